The van der Waals surface area contributed by atoms with Gasteiger partial charge in [-0.3, -0.25) is 14.5 Å². The molecule has 2 saturated heterocycles. The zero-order valence-corrected chi connectivity index (χ0v) is 18.3. The van der Waals surface area contributed by atoms with E-state index in [2.05, 4.69) is 15.1 Å². The van der Waals surface area contributed by atoms with E-state index >= 15 is 0 Å². The third kappa shape index (κ3) is 5.93. The van der Waals surface area contributed by atoms with Gasteiger partial charge in [0.15, 0.2) is 0 Å². The first-order chi connectivity index (χ1) is 14.0. The minimum atomic E-state index is -0.546. The standard InChI is InChI=1S/C22H33ClN4O2/c1-17(2)20(24-21(28)18-7-3-4-8-19(18)23)22(29)27-15-13-26(14-16-27)12-11-25-9-5-6-10-25/h3-4,7-8,17,20H,5-6,9-16H2,1-2H3,(H,24,28). The maximum Gasteiger partial charge on any atom is 0.253 e. The Bertz CT molecular complexity index is 698. The lowest BCUT2D eigenvalue weighted by atomic mass is 10.0. The molecule has 1 aromatic carbocycles. The lowest BCUT2D eigenvalue weighted by Crippen LogP contribution is -2.56. The van der Waals surface area contributed by atoms with Crippen molar-refractivity contribution in [1.82, 2.24) is 20.0 Å². The predicted octanol–water partition coefficient (Wildman–Crippen LogP) is 2.33. The Morgan fingerprint density at radius 1 is 0.966 bits per heavy atom. The van der Waals surface area contributed by atoms with Crippen LogP contribution in [0.15, 0.2) is 24.3 Å². The van der Waals surface area contributed by atoms with Gasteiger partial charge in [0.2, 0.25) is 5.91 Å². The molecule has 1 N–H and O–H groups in total. The Morgan fingerprint density at radius 3 is 2.14 bits per heavy atom. The Morgan fingerprint density at radius 2 is 1.55 bits per heavy atom. The van der Waals surface area contributed by atoms with Crippen molar-refractivity contribution in [3.05, 3.63) is 34.9 Å². The molecule has 1 atom stereocenters. The fourth-order valence-corrected chi connectivity index (χ4v) is 4.28. The number of piperazine rings is 1. The average molecular weight is 421 g/mol. The zero-order chi connectivity index (χ0) is 20.8. The largest absolute Gasteiger partial charge is 0.340 e. The molecule has 2 fully saturated rings. The van der Waals surface area contributed by atoms with Gasteiger partial charge in [0.25, 0.3) is 5.91 Å². The molecule has 29 heavy (non-hydrogen) atoms. The monoisotopic (exact) mass is 420 g/mol. The van der Waals surface area contributed by atoms with Gasteiger partial charge < -0.3 is 15.1 Å². The summed E-state index contributed by atoms with van der Waals surface area (Å²) in [5.74, 6) is -0.298. The summed E-state index contributed by atoms with van der Waals surface area (Å²) < 4.78 is 0. The molecule has 1 unspecified atom stereocenters. The number of nitrogens with one attached hydrogen (secondary N) is 1. The van der Waals surface area contributed by atoms with Gasteiger partial charge in [0.1, 0.15) is 6.04 Å². The van der Waals surface area contributed by atoms with E-state index in [1.165, 1.54) is 25.9 Å². The molecular weight excluding hydrogens is 388 g/mol. The zero-order valence-electron chi connectivity index (χ0n) is 17.6. The maximum atomic E-state index is 13.1. The predicted molar refractivity (Wildman–Crippen MR) is 116 cm³/mol. The molecule has 7 heteroatoms. The molecule has 1 aromatic rings. The van der Waals surface area contributed by atoms with E-state index in [-0.39, 0.29) is 17.7 Å². The number of amides is 2. The normalized spacial score (nSPS) is 19.5. The van der Waals surface area contributed by atoms with Crippen molar-refractivity contribution >= 4 is 23.4 Å². The lowest BCUT2D eigenvalue weighted by molar-refractivity contribution is -0.136. The van der Waals surface area contributed by atoms with Crippen LogP contribution >= 0.6 is 11.6 Å². The second-order valence-corrected chi connectivity index (χ2v) is 8.80. The summed E-state index contributed by atoms with van der Waals surface area (Å²) in [5.41, 5.74) is 0.402. The number of hydrogen-bond donors (Lipinski definition) is 1. The Hall–Kier alpha value is -1.63. The highest BCUT2D eigenvalue weighted by Gasteiger charge is 2.31. The summed E-state index contributed by atoms with van der Waals surface area (Å²) in [6.07, 6.45) is 2.64. The number of nitrogens with zero attached hydrogens (tertiary/aromatic N) is 3. The summed E-state index contributed by atoms with van der Waals surface area (Å²) in [6.45, 7) is 11.8. The van der Waals surface area contributed by atoms with Gasteiger partial charge in [-0.1, -0.05) is 37.6 Å². The van der Waals surface area contributed by atoms with Crippen LogP contribution in [0.3, 0.4) is 0 Å². The molecule has 160 valence electrons. The number of hydrogen-bond acceptors (Lipinski definition) is 4. The third-order valence-electron chi connectivity index (χ3n) is 5.95. The first-order valence-electron chi connectivity index (χ1n) is 10.7. The van der Waals surface area contributed by atoms with Crippen molar-refractivity contribution in [2.24, 2.45) is 5.92 Å². The number of benzene rings is 1. The summed E-state index contributed by atoms with van der Waals surface area (Å²) in [6, 6.07) is 6.37. The van der Waals surface area contributed by atoms with Gasteiger partial charge >= 0.3 is 0 Å². The van der Waals surface area contributed by atoms with Crippen LogP contribution in [0, 0.1) is 5.92 Å². The molecule has 0 aliphatic carbocycles. The van der Waals surface area contributed by atoms with Crippen molar-refractivity contribution in [2.75, 3.05) is 52.4 Å². The third-order valence-corrected chi connectivity index (χ3v) is 6.28. The topological polar surface area (TPSA) is 55.9 Å². The van der Waals surface area contributed by atoms with Gasteiger partial charge in [-0.15, -0.1) is 0 Å². The highest BCUT2D eigenvalue weighted by Crippen LogP contribution is 2.17. The van der Waals surface area contributed by atoms with Crippen LogP contribution in [0.25, 0.3) is 0 Å². The maximum absolute atomic E-state index is 13.1. The van der Waals surface area contributed by atoms with Crippen molar-refractivity contribution in [2.45, 2.75) is 32.7 Å². The van der Waals surface area contributed by atoms with Crippen LogP contribution in [0.1, 0.15) is 37.0 Å². The molecular formula is C22H33ClN4O2. The molecule has 2 heterocycles. The van der Waals surface area contributed by atoms with E-state index in [9.17, 15) is 9.59 Å². The molecule has 6 nitrogen and oxygen atoms in total. The molecule has 2 aliphatic rings. The van der Waals surface area contributed by atoms with Crippen molar-refractivity contribution < 1.29 is 9.59 Å². The van der Waals surface area contributed by atoms with Crippen LogP contribution < -0.4 is 5.32 Å². The average Bonchev–Trinajstić information content (AvgIpc) is 3.24. The van der Waals surface area contributed by atoms with Gasteiger partial charge in [0, 0.05) is 39.3 Å². The number of likely N-dealkylation sites (tertiary alicyclic amines) is 1. The molecule has 0 saturated carbocycles. The Labute approximate surface area is 179 Å². The van der Waals surface area contributed by atoms with Gasteiger partial charge in [-0.05, 0) is 44.0 Å². The lowest BCUT2D eigenvalue weighted by Gasteiger charge is -2.37. The van der Waals surface area contributed by atoms with Gasteiger partial charge in [-0.25, -0.2) is 0 Å². The van der Waals surface area contributed by atoms with Gasteiger partial charge in [-0.2, -0.15) is 0 Å². The second kappa shape index (κ2) is 10.4. The second-order valence-electron chi connectivity index (χ2n) is 8.39. The van der Waals surface area contributed by atoms with Crippen LogP contribution in [-0.2, 0) is 4.79 Å². The van der Waals surface area contributed by atoms with E-state index in [1.54, 1.807) is 24.3 Å². The summed E-state index contributed by atoms with van der Waals surface area (Å²) in [5, 5.41) is 3.30. The number of carbonyl (C=O) groups excluding carboxylic acids is 2. The molecule has 0 radical (unpaired) electrons. The molecule has 0 aromatic heterocycles. The quantitative estimate of drug-likeness (QED) is 0.735. The van der Waals surface area contributed by atoms with Crippen molar-refractivity contribution in [3.8, 4) is 0 Å². The first-order valence-corrected chi connectivity index (χ1v) is 11.1. The van der Waals surface area contributed by atoms with E-state index in [0.717, 1.165) is 26.2 Å². The molecule has 0 spiro atoms. The van der Waals surface area contributed by atoms with Crippen molar-refractivity contribution in [1.29, 1.82) is 0 Å². The Balaban J connectivity index is 1.51. The Kier molecular flexibility index (Phi) is 7.92. The van der Waals surface area contributed by atoms with Crippen LogP contribution in [0.4, 0.5) is 0 Å². The molecule has 2 aliphatic heterocycles. The van der Waals surface area contributed by atoms with E-state index in [4.69, 9.17) is 11.6 Å². The van der Waals surface area contributed by atoms with Gasteiger partial charge in [0.05, 0.1) is 10.6 Å². The van der Waals surface area contributed by atoms with E-state index < -0.39 is 6.04 Å². The molecule has 3 rings (SSSR count). The molecule has 0 bridgehead atoms. The molecule has 2 amide bonds. The summed E-state index contributed by atoms with van der Waals surface area (Å²) in [4.78, 5) is 32.6. The highest BCUT2D eigenvalue weighted by molar-refractivity contribution is 6.33. The highest BCUT2D eigenvalue weighted by atomic mass is 35.5. The number of rotatable bonds is 7. The van der Waals surface area contributed by atoms with E-state index in [0.29, 0.717) is 23.7 Å². The fraction of sp³-hybridized carbons (Fsp3) is 0.636. The van der Waals surface area contributed by atoms with Crippen LogP contribution in [0.5, 0.6) is 0 Å². The first kappa shape index (κ1) is 22.1. The minimum Gasteiger partial charge on any atom is -0.340 e. The van der Waals surface area contributed by atoms with E-state index in [1.807, 2.05) is 18.7 Å². The number of carbonyl (C=O) groups is 2. The number of halogens is 1. The fourth-order valence-electron chi connectivity index (χ4n) is 4.06. The summed E-state index contributed by atoms with van der Waals surface area (Å²) in [7, 11) is 0. The van der Waals surface area contributed by atoms with Crippen molar-refractivity contribution in [3.63, 3.8) is 0 Å². The minimum absolute atomic E-state index is 0.000374. The smallest absolute Gasteiger partial charge is 0.253 e. The van der Waals surface area contributed by atoms with Crippen LogP contribution in [-0.4, -0.2) is 84.9 Å². The van der Waals surface area contributed by atoms with Crippen LogP contribution in [0.2, 0.25) is 5.02 Å². The summed E-state index contributed by atoms with van der Waals surface area (Å²) >= 11 is 6.14. The SMILES string of the molecule is CC(C)C(NC(=O)c1ccccc1Cl)C(=O)N1CCN(CCN2CCCC2)CC1.